The molecular formula is C3H4BrFO2. The normalized spacial score (nSPS) is 18.1. The zero-order valence-electron chi connectivity index (χ0n) is 3.61. The van der Waals surface area contributed by atoms with Crippen LogP contribution in [-0.2, 0) is 4.79 Å². The number of carbonyl (C=O) groups is 1. The Morgan fingerprint density at radius 2 is 2.14 bits per heavy atom. The lowest BCUT2D eigenvalue weighted by atomic mass is 10.5. The molecule has 0 aliphatic heterocycles. The molecule has 2 nitrogen and oxygen atoms in total. The standard InChI is InChI=1S/C3H4BrFO2/c1-3(4,5)2(6)7/h1H3,(H,6,7)/t3-/m0/s1. The van der Waals surface area contributed by atoms with Crippen LogP contribution in [-0.4, -0.2) is 15.7 Å². The van der Waals surface area contributed by atoms with Crippen LogP contribution >= 0.6 is 15.9 Å². The van der Waals surface area contributed by atoms with Crippen molar-refractivity contribution >= 4 is 21.9 Å². The molecule has 1 N–H and O–H groups in total. The Morgan fingerprint density at radius 3 is 2.14 bits per heavy atom. The van der Waals surface area contributed by atoms with Crippen LogP contribution in [0.4, 0.5) is 4.39 Å². The molecule has 0 aliphatic carbocycles. The monoisotopic (exact) mass is 170 g/mol. The van der Waals surface area contributed by atoms with E-state index in [-0.39, 0.29) is 0 Å². The van der Waals surface area contributed by atoms with Crippen molar-refractivity contribution in [1.82, 2.24) is 0 Å². The zero-order valence-corrected chi connectivity index (χ0v) is 5.20. The summed E-state index contributed by atoms with van der Waals surface area (Å²) < 4.78 is 9.56. The van der Waals surface area contributed by atoms with Gasteiger partial charge in [0.2, 0.25) is 0 Å². The minimum Gasteiger partial charge on any atom is -0.478 e. The molecule has 0 radical (unpaired) electrons. The fourth-order valence-electron chi connectivity index (χ4n) is 0. The molecule has 0 saturated heterocycles. The Labute approximate surface area is 48.5 Å². The minimum absolute atomic E-state index is 0.912. The van der Waals surface area contributed by atoms with Gasteiger partial charge in [-0.05, 0) is 22.9 Å². The Morgan fingerprint density at radius 1 is 2.00 bits per heavy atom. The number of halogens is 2. The second kappa shape index (κ2) is 1.78. The van der Waals surface area contributed by atoms with Gasteiger partial charge >= 0.3 is 5.97 Å². The van der Waals surface area contributed by atoms with E-state index in [9.17, 15) is 9.18 Å². The molecule has 7 heavy (non-hydrogen) atoms. The van der Waals surface area contributed by atoms with Gasteiger partial charge in [-0.1, -0.05) is 0 Å². The fourth-order valence-corrected chi connectivity index (χ4v) is 0. The maximum atomic E-state index is 11.8. The summed E-state index contributed by atoms with van der Waals surface area (Å²) in [5, 5.41) is 7.83. The Balaban J connectivity index is 3.79. The van der Waals surface area contributed by atoms with Crippen LogP contribution in [0.2, 0.25) is 0 Å². The lowest BCUT2D eigenvalue weighted by Gasteiger charge is -2.01. The highest BCUT2D eigenvalue weighted by atomic mass is 79.9. The first-order chi connectivity index (χ1) is 2.94. The summed E-state index contributed by atoms with van der Waals surface area (Å²) in [5.41, 5.74) is 0. The third kappa shape index (κ3) is 2.56. The molecule has 0 amide bonds. The number of aliphatic carboxylic acids is 1. The van der Waals surface area contributed by atoms with Gasteiger partial charge in [0.1, 0.15) is 0 Å². The van der Waals surface area contributed by atoms with E-state index in [1.807, 2.05) is 0 Å². The van der Waals surface area contributed by atoms with E-state index >= 15 is 0 Å². The van der Waals surface area contributed by atoms with Crippen molar-refractivity contribution in [2.24, 2.45) is 0 Å². The molecule has 0 spiro atoms. The Bertz CT molecular complexity index is 85.4. The zero-order chi connectivity index (χ0) is 6.08. The first-order valence-electron chi connectivity index (χ1n) is 1.56. The molecule has 0 fully saturated rings. The number of rotatable bonds is 1. The number of hydrogen-bond donors (Lipinski definition) is 1. The van der Waals surface area contributed by atoms with E-state index in [0.717, 1.165) is 6.92 Å². The van der Waals surface area contributed by atoms with Crippen molar-refractivity contribution in [3.05, 3.63) is 0 Å². The second-order valence-electron chi connectivity index (χ2n) is 1.19. The molecule has 42 valence electrons. The molecule has 1 atom stereocenters. The number of alkyl halides is 2. The van der Waals surface area contributed by atoms with E-state index in [4.69, 9.17) is 5.11 Å². The van der Waals surface area contributed by atoms with Crippen molar-refractivity contribution in [3.8, 4) is 0 Å². The number of carboxylic acid groups (broad SMARTS) is 1. The molecule has 4 heteroatoms. The van der Waals surface area contributed by atoms with Crippen molar-refractivity contribution < 1.29 is 14.3 Å². The topological polar surface area (TPSA) is 37.3 Å². The van der Waals surface area contributed by atoms with Crippen molar-refractivity contribution in [2.45, 2.75) is 11.5 Å². The summed E-state index contributed by atoms with van der Waals surface area (Å²) in [6.07, 6.45) is 0. The summed E-state index contributed by atoms with van der Waals surface area (Å²) in [5.74, 6) is -1.51. The summed E-state index contributed by atoms with van der Waals surface area (Å²) >= 11 is 2.28. The Hall–Kier alpha value is -0.120. The average Bonchev–Trinajstić information content (AvgIpc) is 1.31. The molecule has 0 aliphatic rings. The van der Waals surface area contributed by atoms with E-state index in [1.54, 1.807) is 0 Å². The van der Waals surface area contributed by atoms with Gasteiger partial charge in [-0.15, -0.1) is 0 Å². The van der Waals surface area contributed by atoms with Crippen molar-refractivity contribution in [3.63, 3.8) is 0 Å². The van der Waals surface area contributed by atoms with Crippen LogP contribution in [0.1, 0.15) is 6.92 Å². The molecule has 0 aromatic rings. The van der Waals surface area contributed by atoms with Gasteiger partial charge in [0.25, 0.3) is 4.58 Å². The lowest BCUT2D eigenvalue weighted by Crippen LogP contribution is -2.20. The maximum Gasteiger partial charge on any atom is 0.352 e. The van der Waals surface area contributed by atoms with Gasteiger partial charge in [0.15, 0.2) is 0 Å². The third-order valence-corrected chi connectivity index (χ3v) is 0.715. The van der Waals surface area contributed by atoms with Crippen LogP contribution in [0.25, 0.3) is 0 Å². The minimum atomic E-state index is -2.27. The van der Waals surface area contributed by atoms with Gasteiger partial charge < -0.3 is 5.11 Å². The average molecular weight is 171 g/mol. The molecule has 0 saturated carbocycles. The lowest BCUT2D eigenvalue weighted by molar-refractivity contribution is -0.143. The van der Waals surface area contributed by atoms with Crippen LogP contribution in [0.3, 0.4) is 0 Å². The van der Waals surface area contributed by atoms with Gasteiger partial charge in [-0.25, -0.2) is 9.18 Å². The van der Waals surface area contributed by atoms with Crippen LogP contribution < -0.4 is 0 Å². The summed E-state index contributed by atoms with van der Waals surface area (Å²) in [4.78, 5) is 9.60. The van der Waals surface area contributed by atoms with E-state index in [1.165, 1.54) is 0 Å². The highest BCUT2D eigenvalue weighted by Crippen LogP contribution is 2.17. The quantitative estimate of drug-likeness (QED) is 0.600. The van der Waals surface area contributed by atoms with E-state index in [0.29, 0.717) is 0 Å². The van der Waals surface area contributed by atoms with E-state index < -0.39 is 10.5 Å². The van der Waals surface area contributed by atoms with Crippen LogP contribution in [0.15, 0.2) is 0 Å². The van der Waals surface area contributed by atoms with Gasteiger partial charge in [0.05, 0.1) is 0 Å². The first-order valence-corrected chi connectivity index (χ1v) is 2.35. The highest BCUT2D eigenvalue weighted by Gasteiger charge is 2.27. The molecule has 0 rings (SSSR count). The van der Waals surface area contributed by atoms with Gasteiger partial charge in [-0.2, -0.15) is 0 Å². The fraction of sp³-hybridized carbons (Fsp3) is 0.667. The number of hydrogen-bond acceptors (Lipinski definition) is 1. The summed E-state index contributed by atoms with van der Waals surface area (Å²) in [7, 11) is 0. The van der Waals surface area contributed by atoms with E-state index in [2.05, 4.69) is 15.9 Å². The molecule has 0 heterocycles. The molecule has 0 unspecified atom stereocenters. The SMILES string of the molecule is C[C@@](F)(Br)C(=O)O. The van der Waals surface area contributed by atoms with Crippen LogP contribution in [0, 0.1) is 0 Å². The molecular weight excluding hydrogens is 167 g/mol. The van der Waals surface area contributed by atoms with Gasteiger partial charge in [-0.3, -0.25) is 0 Å². The smallest absolute Gasteiger partial charge is 0.352 e. The molecule has 0 aromatic heterocycles. The third-order valence-electron chi connectivity index (χ3n) is 0.376. The van der Waals surface area contributed by atoms with Crippen molar-refractivity contribution in [2.75, 3.05) is 0 Å². The van der Waals surface area contributed by atoms with Crippen LogP contribution in [0.5, 0.6) is 0 Å². The van der Waals surface area contributed by atoms with Gasteiger partial charge in [0, 0.05) is 0 Å². The summed E-state index contributed by atoms with van der Waals surface area (Å²) in [6.45, 7) is 0.912. The maximum absolute atomic E-state index is 11.8. The second-order valence-corrected chi connectivity index (χ2v) is 2.68. The Kier molecular flexibility index (Phi) is 1.75. The summed E-state index contributed by atoms with van der Waals surface area (Å²) in [6, 6.07) is 0. The van der Waals surface area contributed by atoms with Crippen molar-refractivity contribution in [1.29, 1.82) is 0 Å². The largest absolute Gasteiger partial charge is 0.478 e. The predicted molar refractivity (Wildman–Crippen MR) is 26.1 cm³/mol. The molecule has 0 aromatic carbocycles. The molecule has 0 bridgehead atoms. The highest BCUT2D eigenvalue weighted by molar-refractivity contribution is 9.10. The first kappa shape index (κ1) is 6.88. The predicted octanol–water partition coefficient (Wildman–Crippen LogP) is 1.15. The number of carboxylic acids is 1.